The van der Waals surface area contributed by atoms with Crippen molar-refractivity contribution >= 4 is 17.7 Å². The second-order valence-electron chi connectivity index (χ2n) is 7.25. The topological polar surface area (TPSA) is 97.0 Å². The molecule has 4 rings (SSSR count). The number of hydrogen-bond donors (Lipinski definition) is 2. The summed E-state index contributed by atoms with van der Waals surface area (Å²) in [4.78, 5) is 27.0. The summed E-state index contributed by atoms with van der Waals surface area (Å²) in [5.41, 5.74) is 9.08. The normalized spacial score (nSPS) is 13.5. The molecule has 1 aliphatic heterocycles. The summed E-state index contributed by atoms with van der Waals surface area (Å²) in [5.74, 6) is 5.86. The minimum atomic E-state index is -0.338. The van der Waals surface area contributed by atoms with Gasteiger partial charge in [-0.05, 0) is 43.5 Å². The lowest BCUT2D eigenvalue weighted by atomic mass is 10.1. The molecule has 2 aromatic heterocycles. The number of anilines is 2. The number of nitrogen functional groups attached to an aromatic ring is 1. The van der Waals surface area contributed by atoms with Crippen LogP contribution in [-0.2, 0) is 6.42 Å². The Bertz CT molecular complexity index is 1170. The predicted octanol–water partition coefficient (Wildman–Crippen LogP) is 3.22. The summed E-state index contributed by atoms with van der Waals surface area (Å²) < 4.78 is 13.5. The molecule has 0 fully saturated rings. The third kappa shape index (κ3) is 4.78. The van der Waals surface area contributed by atoms with Gasteiger partial charge in [-0.2, -0.15) is 0 Å². The molecule has 156 valence electrons. The van der Waals surface area contributed by atoms with Crippen LogP contribution in [0.1, 0.15) is 41.8 Å². The van der Waals surface area contributed by atoms with Crippen LogP contribution in [0.3, 0.4) is 0 Å². The SMILES string of the molecule is C[C@H](NC(=O)N1CCCc2ncc(C#Cc3cnc(N)nc3)cc21)c1cccc(F)c1. The summed E-state index contributed by atoms with van der Waals surface area (Å²) in [6, 6.07) is 7.49. The van der Waals surface area contributed by atoms with E-state index in [1.54, 1.807) is 35.6 Å². The molecular formula is C23H21FN6O. The summed E-state index contributed by atoms with van der Waals surface area (Å²) in [6.45, 7) is 2.39. The molecule has 0 radical (unpaired) electrons. The van der Waals surface area contributed by atoms with Crippen molar-refractivity contribution in [1.82, 2.24) is 20.3 Å². The lowest BCUT2D eigenvalue weighted by Gasteiger charge is -2.30. The van der Waals surface area contributed by atoms with Gasteiger partial charge in [0.1, 0.15) is 5.82 Å². The standard InChI is InChI=1S/C23H21FN6O/c1-15(18-4-2-5-19(24)11-18)29-23(31)30-9-3-6-20-21(30)10-16(12-26-20)7-8-17-13-27-22(25)28-14-17/h2,4-5,10-15H,3,6,9H2,1H3,(H,29,31)(H2,25,27,28)/t15-/m0/s1. The maximum absolute atomic E-state index is 13.5. The molecular weight excluding hydrogens is 395 g/mol. The molecule has 0 spiro atoms. The number of carbonyl (C=O) groups is 1. The first-order valence-corrected chi connectivity index (χ1v) is 9.91. The number of pyridine rings is 1. The van der Waals surface area contributed by atoms with Crippen LogP contribution in [0.25, 0.3) is 0 Å². The highest BCUT2D eigenvalue weighted by Gasteiger charge is 2.25. The third-order valence-corrected chi connectivity index (χ3v) is 4.99. The fourth-order valence-electron chi connectivity index (χ4n) is 3.38. The van der Waals surface area contributed by atoms with Gasteiger partial charge in [0.2, 0.25) is 5.95 Å². The van der Waals surface area contributed by atoms with E-state index in [-0.39, 0.29) is 23.8 Å². The third-order valence-electron chi connectivity index (χ3n) is 4.99. The number of aryl methyl sites for hydroxylation is 1. The summed E-state index contributed by atoms with van der Waals surface area (Å²) in [6.07, 6.45) is 6.40. The fraction of sp³-hybridized carbons (Fsp3) is 0.217. The van der Waals surface area contributed by atoms with Gasteiger partial charge in [0.15, 0.2) is 0 Å². The van der Waals surface area contributed by atoms with Gasteiger partial charge in [-0.25, -0.2) is 19.2 Å². The first-order chi connectivity index (χ1) is 15.0. The molecule has 0 aliphatic carbocycles. The second-order valence-corrected chi connectivity index (χ2v) is 7.25. The van der Waals surface area contributed by atoms with Crippen molar-refractivity contribution in [3.8, 4) is 11.8 Å². The van der Waals surface area contributed by atoms with Crippen LogP contribution in [0, 0.1) is 17.7 Å². The Kier molecular flexibility index (Phi) is 5.76. The Morgan fingerprint density at radius 2 is 1.90 bits per heavy atom. The van der Waals surface area contributed by atoms with Gasteiger partial charge in [0.05, 0.1) is 23.0 Å². The number of benzene rings is 1. The van der Waals surface area contributed by atoms with Gasteiger partial charge >= 0.3 is 6.03 Å². The number of urea groups is 1. The van der Waals surface area contributed by atoms with Crippen molar-refractivity contribution in [3.05, 3.63) is 77.1 Å². The number of halogens is 1. The average Bonchev–Trinajstić information content (AvgIpc) is 2.78. The van der Waals surface area contributed by atoms with Crippen LogP contribution in [0.5, 0.6) is 0 Å². The molecule has 2 amide bonds. The number of nitrogens with two attached hydrogens (primary N) is 1. The number of aromatic nitrogens is 3. The zero-order chi connectivity index (χ0) is 21.8. The van der Waals surface area contributed by atoms with E-state index in [9.17, 15) is 9.18 Å². The minimum Gasteiger partial charge on any atom is -0.368 e. The molecule has 8 heteroatoms. The first kappa shape index (κ1) is 20.3. The quantitative estimate of drug-likeness (QED) is 0.625. The highest BCUT2D eigenvalue weighted by atomic mass is 19.1. The van der Waals surface area contributed by atoms with E-state index in [0.29, 0.717) is 23.2 Å². The highest BCUT2D eigenvalue weighted by Crippen LogP contribution is 2.27. The van der Waals surface area contributed by atoms with Crippen LogP contribution in [0.4, 0.5) is 20.8 Å². The van der Waals surface area contributed by atoms with Gasteiger partial charge in [-0.3, -0.25) is 9.88 Å². The summed E-state index contributed by atoms with van der Waals surface area (Å²) in [5, 5.41) is 2.94. The summed E-state index contributed by atoms with van der Waals surface area (Å²) >= 11 is 0. The lowest BCUT2D eigenvalue weighted by molar-refractivity contribution is 0.243. The minimum absolute atomic E-state index is 0.190. The van der Waals surface area contributed by atoms with Gasteiger partial charge in [-0.1, -0.05) is 24.0 Å². The van der Waals surface area contributed by atoms with Gasteiger partial charge in [0.25, 0.3) is 0 Å². The van der Waals surface area contributed by atoms with E-state index in [0.717, 1.165) is 24.2 Å². The molecule has 3 N–H and O–H groups in total. The molecule has 0 saturated heterocycles. The Labute approximate surface area is 179 Å². The first-order valence-electron chi connectivity index (χ1n) is 9.91. The Morgan fingerprint density at radius 3 is 2.68 bits per heavy atom. The zero-order valence-corrected chi connectivity index (χ0v) is 17.0. The summed E-state index contributed by atoms with van der Waals surface area (Å²) in [7, 11) is 0. The van der Waals surface area contributed by atoms with Crippen LogP contribution in [0.15, 0.2) is 48.9 Å². The average molecular weight is 416 g/mol. The molecule has 0 bridgehead atoms. The van der Waals surface area contributed by atoms with Gasteiger partial charge < -0.3 is 11.1 Å². The smallest absolute Gasteiger partial charge is 0.322 e. The van der Waals surface area contributed by atoms with E-state index >= 15 is 0 Å². The zero-order valence-electron chi connectivity index (χ0n) is 17.0. The molecule has 0 saturated carbocycles. The molecule has 3 aromatic rings. The highest BCUT2D eigenvalue weighted by molar-refractivity contribution is 5.93. The number of hydrogen-bond acceptors (Lipinski definition) is 5. The number of carbonyl (C=O) groups excluding carboxylic acids is 1. The van der Waals surface area contributed by atoms with Crippen molar-refractivity contribution in [1.29, 1.82) is 0 Å². The molecule has 1 aliphatic rings. The van der Waals surface area contributed by atoms with E-state index in [4.69, 9.17) is 5.73 Å². The molecule has 0 unspecified atom stereocenters. The monoisotopic (exact) mass is 416 g/mol. The Balaban J connectivity index is 1.54. The van der Waals surface area contributed by atoms with Crippen molar-refractivity contribution in [2.75, 3.05) is 17.2 Å². The maximum Gasteiger partial charge on any atom is 0.322 e. The lowest BCUT2D eigenvalue weighted by Crippen LogP contribution is -2.44. The number of fused-ring (bicyclic) bond motifs is 1. The number of rotatable bonds is 2. The van der Waals surface area contributed by atoms with Crippen LogP contribution in [-0.4, -0.2) is 27.5 Å². The van der Waals surface area contributed by atoms with E-state index in [1.807, 2.05) is 13.0 Å². The Morgan fingerprint density at radius 1 is 1.16 bits per heavy atom. The van der Waals surface area contributed by atoms with E-state index < -0.39 is 0 Å². The number of nitrogens with one attached hydrogen (secondary N) is 1. The fourth-order valence-corrected chi connectivity index (χ4v) is 3.38. The molecule has 1 aromatic carbocycles. The van der Waals surface area contributed by atoms with Crippen molar-refractivity contribution in [2.45, 2.75) is 25.8 Å². The van der Waals surface area contributed by atoms with Gasteiger partial charge in [-0.15, -0.1) is 0 Å². The van der Waals surface area contributed by atoms with Gasteiger partial charge in [0, 0.05) is 30.7 Å². The number of amides is 2. The van der Waals surface area contributed by atoms with Crippen LogP contribution >= 0.6 is 0 Å². The second kappa shape index (κ2) is 8.79. The molecule has 1 atom stereocenters. The van der Waals surface area contributed by atoms with Crippen molar-refractivity contribution in [2.24, 2.45) is 0 Å². The number of nitrogens with zero attached hydrogens (tertiary/aromatic N) is 4. The Hall–Kier alpha value is -3.99. The maximum atomic E-state index is 13.5. The molecule has 31 heavy (non-hydrogen) atoms. The van der Waals surface area contributed by atoms with Crippen molar-refractivity contribution < 1.29 is 9.18 Å². The van der Waals surface area contributed by atoms with Crippen LogP contribution < -0.4 is 16.0 Å². The largest absolute Gasteiger partial charge is 0.368 e. The predicted molar refractivity (Wildman–Crippen MR) is 116 cm³/mol. The molecule has 7 nitrogen and oxygen atoms in total. The van der Waals surface area contributed by atoms with E-state index in [2.05, 4.69) is 32.1 Å². The van der Waals surface area contributed by atoms with E-state index in [1.165, 1.54) is 12.1 Å². The van der Waals surface area contributed by atoms with Crippen LogP contribution in [0.2, 0.25) is 0 Å². The molecule has 3 heterocycles. The van der Waals surface area contributed by atoms with Crippen molar-refractivity contribution in [3.63, 3.8) is 0 Å².